The zero-order valence-corrected chi connectivity index (χ0v) is 10.9. The summed E-state index contributed by atoms with van der Waals surface area (Å²) in [4.78, 5) is 5.69. The lowest BCUT2D eigenvalue weighted by molar-refractivity contribution is -0.719. The van der Waals surface area contributed by atoms with Crippen molar-refractivity contribution in [3.63, 3.8) is 0 Å². The average Bonchev–Trinajstić information content (AvgIpc) is 2.62. The van der Waals surface area contributed by atoms with Crippen LogP contribution in [0.2, 0.25) is 0 Å². The van der Waals surface area contributed by atoms with Gasteiger partial charge in [-0.2, -0.15) is 0 Å². The molecule has 0 spiro atoms. The average molecular weight is 268 g/mol. The van der Waals surface area contributed by atoms with Gasteiger partial charge in [-0.25, -0.2) is 4.99 Å². The Labute approximate surface area is 106 Å². The lowest BCUT2D eigenvalue weighted by atomic mass is 10.1. The molecule has 0 aromatic rings. The van der Waals surface area contributed by atoms with Crippen LogP contribution >= 0.6 is 0 Å². The Morgan fingerprint density at radius 2 is 1.67 bits per heavy atom. The number of hydrogen-bond acceptors (Lipinski definition) is 1. The second-order valence-electron chi connectivity index (χ2n) is 4.23. The Balaban J connectivity index is 0.000000494. The highest BCUT2D eigenvalue weighted by Crippen LogP contribution is 2.06. The molecular formula is C11H21BF4N2. The number of rotatable bonds is 6. The van der Waals surface area contributed by atoms with Crippen molar-refractivity contribution in [2.45, 2.75) is 45.4 Å². The molecule has 0 aromatic heterocycles. The van der Waals surface area contributed by atoms with Gasteiger partial charge < -0.3 is 17.3 Å². The fourth-order valence-electron chi connectivity index (χ4n) is 1.59. The van der Waals surface area contributed by atoms with E-state index in [4.69, 9.17) is 0 Å². The molecule has 2 nitrogen and oxygen atoms in total. The van der Waals surface area contributed by atoms with E-state index in [1.54, 1.807) is 0 Å². The number of quaternary nitrogens is 1. The van der Waals surface area contributed by atoms with Crippen LogP contribution in [-0.4, -0.2) is 20.1 Å². The van der Waals surface area contributed by atoms with E-state index in [1.807, 2.05) is 6.20 Å². The fourth-order valence-corrected chi connectivity index (χ4v) is 1.59. The van der Waals surface area contributed by atoms with Crippen LogP contribution in [0.5, 0.6) is 0 Å². The highest BCUT2D eigenvalue weighted by molar-refractivity contribution is 6.50. The molecule has 0 radical (unpaired) electrons. The summed E-state index contributed by atoms with van der Waals surface area (Å²) >= 11 is 0. The molecule has 1 aliphatic heterocycles. The summed E-state index contributed by atoms with van der Waals surface area (Å²) in [5, 5.41) is 0. The van der Waals surface area contributed by atoms with Crippen LogP contribution in [-0.2, 0) is 0 Å². The van der Waals surface area contributed by atoms with Crippen molar-refractivity contribution in [1.29, 1.82) is 0 Å². The number of nitrogens with zero attached hydrogens (tertiary/aromatic N) is 1. The minimum atomic E-state index is -6.00. The van der Waals surface area contributed by atoms with Crippen LogP contribution in [0.4, 0.5) is 17.3 Å². The molecule has 0 aromatic carbocycles. The molecule has 7 heteroatoms. The predicted molar refractivity (Wildman–Crippen MR) is 67.0 cm³/mol. The van der Waals surface area contributed by atoms with Crippen molar-refractivity contribution in [3.8, 4) is 0 Å². The molecule has 0 fully saturated rings. The van der Waals surface area contributed by atoms with Gasteiger partial charge in [-0.15, -0.1) is 0 Å². The van der Waals surface area contributed by atoms with Gasteiger partial charge in [0.2, 0.25) is 5.84 Å². The number of unbranched alkanes of at least 4 members (excludes halogenated alkanes) is 4. The largest absolute Gasteiger partial charge is 0.673 e. The van der Waals surface area contributed by atoms with Crippen LogP contribution in [0.3, 0.4) is 0 Å². The smallest absolute Gasteiger partial charge is 0.418 e. The minimum Gasteiger partial charge on any atom is -0.418 e. The van der Waals surface area contributed by atoms with Crippen molar-refractivity contribution in [2.75, 3.05) is 7.05 Å². The Morgan fingerprint density at radius 3 is 2.11 bits per heavy atom. The summed E-state index contributed by atoms with van der Waals surface area (Å²) in [5.74, 6) is 1.30. The third-order valence-electron chi connectivity index (χ3n) is 2.53. The number of halogens is 4. The number of nitrogens with one attached hydrogen (secondary N) is 1. The van der Waals surface area contributed by atoms with Gasteiger partial charge in [0.25, 0.3) is 0 Å². The van der Waals surface area contributed by atoms with Crippen LogP contribution in [0.1, 0.15) is 45.4 Å². The number of amidine groups is 1. The molecule has 106 valence electrons. The molecule has 0 saturated carbocycles. The van der Waals surface area contributed by atoms with Crippen LogP contribution in [0, 0.1) is 0 Å². The van der Waals surface area contributed by atoms with Crippen molar-refractivity contribution in [2.24, 2.45) is 4.99 Å². The van der Waals surface area contributed by atoms with Gasteiger partial charge in [-0.05, 0) is 6.42 Å². The maximum Gasteiger partial charge on any atom is 0.673 e. The van der Waals surface area contributed by atoms with Gasteiger partial charge in [0, 0.05) is 6.42 Å². The van der Waals surface area contributed by atoms with E-state index in [0.717, 1.165) is 0 Å². The highest BCUT2D eigenvalue weighted by atomic mass is 19.5. The van der Waals surface area contributed by atoms with E-state index in [1.165, 1.54) is 49.3 Å². The maximum absolute atomic E-state index is 9.75. The van der Waals surface area contributed by atoms with E-state index < -0.39 is 7.25 Å². The van der Waals surface area contributed by atoms with Crippen LogP contribution in [0.25, 0.3) is 0 Å². The van der Waals surface area contributed by atoms with E-state index in [2.05, 4.69) is 25.2 Å². The predicted octanol–water partition coefficient (Wildman–Crippen LogP) is 3.04. The first-order valence-corrected chi connectivity index (χ1v) is 6.29. The van der Waals surface area contributed by atoms with Gasteiger partial charge in [0.15, 0.2) is 0 Å². The Hall–Kier alpha value is -0.845. The molecule has 1 N–H and O–H groups in total. The second kappa shape index (κ2) is 9.13. The SMILES string of the molecule is CCCCCCCC1=NC=C[NH+]1C.F[B-](F)(F)F. The summed E-state index contributed by atoms with van der Waals surface area (Å²) in [5.41, 5.74) is 0. The van der Waals surface area contributed by atoms with Crippen LogP contribution in [0.15, 0.2) is 17.4 Å². The lowest BCUT2D eigenvalue weighted by Crippen LogP contribution is -3.06. The maximum atomic E-state index is 9.75. The second-order valence-corrected chi connectivity index (χ2v) is 4.23. The van der Waals surface area contributed by atoms with Crippen LogP contribution < -0.4 is 4.90 Å². The van der Waals surface area contributed by atoms with Crippen molar-refractivity contribution >= 4 is 13.1 Å². The molecule has 0 saturated heterocycles. The zero-order valence-electron chi connectivity index (χ0n) is 10.9. The quantitative estimate of drug-likeness (QED) is 0.433. The standard InChI is InChI=1S/C11H20N2.BF4/c1-3-4-5-6-7-8-11-12-9-10-13(11)2;2-1(3,4)5/h9-10H,3-8H2,1-2H3;/q;-1/p+1. The summed E-state index contributed by atoms with van der Waals surface area (Å²) < 4.78 is 39.0. The van der Waals surface area contributed by atoms with E-state index in [-0.39, 0.29) is 0 Å². The minimum absolute atomic E-state index is 1.17. The first-order chi connectivity index (χ1) is 8.34. The molecule has 1 rings (SSSR count). The highest BCUT2D eigenvalue weighted by Gasteiger charge is 2.20. The Kier molecular flexibility index (Phi) is 8.70. The monoisotopic (exact) mass is 268 g/mol. The molecular weight excluding hydrogens is 247 g/mol. The topological polar surface area (TPSA) is 16.8 Å². The van der Waals surface area contributed by atoms with Crippen molar-refractivity contribution in [1.82, 2.24) is 0 Å². The molecule has 0 amide bonds. The lowest BCUT2D eigenvalue weighted by Gasteiger charge is -2.05. The third-order valence-corrected chi connectivity index (χ3v) is 2.53. The first kappa shape index (κ1) is 17.2. The van der Waals surface area contributed by atoms with Gasteiger partial charge in [-0.1, -0.05) is 32.6 Å². The Bertz CT molecular complexity index is 271. The molecule has 0 aliphatic carbocycles. The van der Waals surface area contributed by atoms with E-state index in [0.29, 0.717) is 0 Å². The molecule has 1 heterocycles. The molecule has 1 atom stereocenters. The van der Waals surface area contributed by atoms with Crippen molar-refractivity contribution in [3.05, 3.63) is 12.4 Å². The fraction of sp³-hybridized carbons (Fsp3) is 0.727. The molecule has 18 heavy (non-hydrogen) atoms. The molecule has 1 unspecified atom stereocenters. The first-order valence-electron chi connectivity index (χ1n) is 6.29. The zero-order chi connectivity index (χ0) is 14.0. The van der Waals surface area contributed by atoms with Gasteiger partial charge >= 0.3 is 7.25 Å². The molecule has 0 bridgehead atoms. The summed E-state index contributed by atoms with van der Waals surface area (Å²) in [6.45, 7) is 2.25. The van der Waals surface area contributed by atoms with Gasteiger partial charge in [0.05, 0.1) is 13.2 Å². The summed E-state index contributed by atoms with van der Waals surface area (Å²) in [6.07, 6.45) is 11.9. The third kappa shape index (κ3) is 11.6. The number of hydrogen-bond donors (Lipinski definition) is 1. The summed E-state index contributed by atoms with van der Waals surface area (Å²) in [6, 6.07) is 0. The summed E-state index contributed by atoms with van der Waals surface area (Å²) in [7, 11) is -3.85. The molecule has 1 aliphatic rings. The van der Waals surface area contributed by atoms with E-state index in [9.17, 15) is 17.3 Å². The Morgan fingerprint density at radius 1 is 1.11 bits per heavy atom. The van der Waals surface area contributed by atoms with Gasteiger partial charge in [0.1, 0.15) is 6.20 Å². The van der Waals surface area contributed by atoms with Crippen molar-refractivity contribution < 1.29 is 22.2 Å². The normalized spacial score (nSPS) is 18.3. The number of aliphatic imine (C=N–C) groups is 1. The van der Waals surface area contributed by atoms with E-state index >= 15 is 0 Å². The van der Waals surface area contributed by atoms with Gasteiger partial charge in [-0.3, -0.25) is 4.90 Å².